The van der Waals surface area contributed by atoms with Crippen LogP contribution >= 0.6 is 34.0 Å². The third kappa shape index (κ3) is 4.02. The Morgan fingerprint density at radius 3 is 2.69 bits per heavy atom. The van der Waals surface area contributed by atoms with Gasteiger partial charge in [-0.25, -0.2) is 9.97 Å². The fourth-order valence-corrected chi connectivity index (χ4v) is 5.20. The number of carbonyl (C=O) groups is 1. The molecular weight excluding hydrogens is 426 g/mol. The maximum atomic E-state index is 12.8. The van der Waals surface area contributed by atoms with Gasteiger partial charge in [-0.2, -0.15) is 0 Å². The van der Waals surface area contributed by atoms with Crippen LogP contribution < -0.4 is 14.8 Å². The van der Waals surface area contributed by atoms with Crippen molar-refractivity contribution in [3.63, 3.8) is 0 Å². The molecule has 6 nitrogen and oxygen atoms in total. The molecule has 9 heteroatoms. The molecule has 4 aromatic rings. The first-order valence-corrected chi connectivity index (χ1v) is 11.2. The maximum Gasteiger partial charge on any atom is 0.269 e. The lowest BCUT2D eigenvalue weighted by atomic mass is 10.1. The first kappa shape index (κ1) is 19.6. The van der Waals surface area contributed by atoms with Gasteiger partial charge in [0.15, 0.2) is 5.13 Å². The quantitative estimate of drug-likeness (QED) is 0.421. The number of benzene rings is 1. The standard InChI is InChI=1S/C20H17N3O3S3/c1-11-17(29-19(21-11)16-5-4-8-27-16)18(24)23-20-22-14(10-28-20)13-9-12(25-2)6-7-15(13)26-3/h4-10H,1-3H3,(H,22,23,24). The van der Waals surface area contributed by atoms with E-state index in [0.29, 0.717) is 32.9 Å². The number of nitrogens with zero attached hydrogens (tertiary/aromatic N) is 2. The smallest absolute Gasteiger partial charge is 0.269 e. The molecule has 0 aliphatic carbocycles. The number of ether oxygens (including phenoxy) is 2. The van der Waals surface area contributed by atoms with E-state index in [1.807, 2.05) is 48.0 Å². The average molecular weight is 444 g/mol. The summed E-state index contributed by atoms with van der Waals surface area (Å²) in [5.41, 5.74) is 2.22. The number of amides is 1. The van der Waals surface area contributed by atoms with E-state index >= 15 is 0 Å². The van der Waals surface area contributed by atoms with E-state index in [9.17, 15) is 4.79 Å². The fourth-order valence-electron chi connectivity index (χ4n) is 2.74. The molecule has 0 aliphatic rings. The highest BCUT2D eigenvalue weighted by Crippen LogP contribution is 2.36. The molecule has 0 saturated carbocycles. The highest BCUT2D eigenvalue weighted by molar-refractivity contribution is 7.22. The second-order valence-corrected chi connectivity index (χ2v) is 8.77. The SMILES string of the molecule is COc1ccc(OC)c(-c2csc(NC(=O)c3sc(-c4cccs4)nc3C)n2)c1. The molecule has 0 spiro atoms. The van der Waals surface area contributed by atoms with Crippen LogP contribution in [0.1, 0.15) is 15.4 Å². The number of thiazole rings is 2. The van der Waals surface area contributed by atoms with E-state index in [1.54, 1.807) is 25.6 Å². The average Bonchev–Trinajstić information content (AvgIpc) is 3.48. The van der Waals surface area contributed by atoms with Crippen molar-refractivity contribution in [3.8, 4) is 32.6 Å². The minimum Gasteiger partial charge on any atom is -0.497 e. The van der Waals surface area contributed by atoms with Gasteiger partial charge < -0.3 is 9.47 Å². The zero-order chi connectivity index (χ0) is 20.4. The highest BCUT2D eigenvalue weighted by atomic mass is 32.1. The third-order valence-electron chi connectivity index (χ3n) is 4.14. The van der Waals surface area contributed by atoms with Crippen molar-refractivity contribution in [2.45, 2.75) is 6.92 Å². The van der Waals surface area contributed by atoms with E-state index in [-0.39, 0.29) is 5.91 Å². The number of rotatable bonds is 6. The van der Waals surface area contributed by atoms with Crippen LogP contribution in [-0.2, 0) is 0 Å². The van der Waals surface area contributed by atoms with E-state index in [2.05, 4.69) is 15.3 Å². The Bertz CT molecular complexity index is 1150. The van der Waals surface area contributed by atoms with Crippen molar-refractivity contribution in [2.75, 3.05) is 19.5 Å². The van der Waals surface area contributed by atoms with Crippen LogP contribution in [0.2, 0.25) is 0 Å². The molecule has 4 rings (SSSR count). The monoisotopic (exact) mass is 443 g/mol. The molecule has 0 radical (unpaired) electrons. The molecule has 29 heavy (non-hydrogen) atoms. The second-order valence-electron chi connectivity index (χ2n) is 5.97. The van der Waals surface area contributed by atoms with Gasteiger partial charge in [-0.05, 0) is 36.6 Å². The maximum absolute atomic E-state index is 12.8. The molecule has 0 saturated heterocycles. The van der Waals surface area contributed by atoms with Crippen molar-refractivity contribution in [1.82, 2.24) is 9.97 Å². The van der Waals surface area contributed by atoms with Gasteiger partial charge >= 0.3 is 0 Å². The summed E-state index contributed by atoms with van der Waals surface area (Å²) in [6.07, 6.45) is 0. The van der Waals surface area contributed by atoms with Crippen LogP contribution in [0.25, 0.3) is 21.1 Å². The highest BCUT2D eigenvalue weighted by Gasteiger charge is 2.19. The van der Waals surface area contributed by atoms with E-state index in [0.717, 1.165) is 15.4 Å². The van der Waals surface area contributed by atoms with Crippen molar-refractivity contribution in [3.05, 3.63) is 51.7 Å². The summed E-state index contributed by atoms with van der Waals surface area (Å²) in [4.78, 5) is 23.5. The Labute approximate surface area is 179 Å². The summed E-state index contributed by atoms with van der Waals surface area (Å²) in [5.74, 6) is 1.19. The Balaban J connectivity index is 1.56. The minimum absolute atomic E-state index is 0.207. The lowest BCUT2D eigenvalue weighted by Crippen LogP contribution is -2.11. The van der Waals surface area contributed by atoms with Gasteiger partial charge in [-0.1, -0.05) is 6.07 Å². The van der Waals surface area contributed by atoms with Crippen molar-refractivity contribution in [1.29, 1.82) is 0 Å². The Morgan fingerprint density at radius 2 is 1.97 bits per heavy atom. The normalized spacial score (nSPS) is 10.7. The van der Waals surface area contributed by atoms with Gasteiger partial charge in [0.25, 0.3) is 5.91 Å². The van der Waals surface area contributed by atoms with Crippen molar-refractivity contribution in [2.24, 2.45) is 0 Å². The van der Waals surface area contributed by atoms with Gasteiger partial charge in [0, 0.05) is 10.9 Å². The molecule has 0 bridgehead atoms. The molecular formula is C20H17N3O3S3. The molecule has 1 amide bonds. The molecule has 0 unspecified atom stereocenters. The molecule has 1 aromatic carbocycles. The van der Waals surface area contributed by atoms with Crippen LogP contribution in [0.5, 0.6) is 11.5 Å². The molecule has 3 heterocycles. The Morgan fingerprint density at radius 1 is 1.10 bits per heavy atom. The van der Waals surface area contributed by atoms with Crippen LogP contribution in [0.3, 0.4) is 0 Å². The molecule has 0 aliphatic heterocycles. The first-order chi connectivity index (χ1) is 14.1. The van der Waals surface area contributed by atoms with Crippen LogP contribution in [0.15, 0.2) is 41.1 Å². The van der Waals surface area contributed by atoms with Gasteiger partial charge in [0.05, 0.1) is 30.5 Å². The molecule has 148 valence electrons. The summed E-state index contributed by atoms with van der Waals surface area (Å²) in [5, 5.41) is 8.12. The van der Waals surface area contributed by atoms with E-state index in [4.69, 9.17) is 9.47 Å². The molecule has 0 atom stereocenters. The molecule has 3 aromatic heterocycles. The zero-order valence-electron chi connectivity index (χ0n) is 15.9. The summed E-state index contributed by atoms with van der Waals surface area (Å²) in [7, 11) is 3.22. The fraction of sp³-hybridized carbons (Fsp3) is 0.150. The van der Waals surface area contributed by atoms with Crippen molar-refractivity contribution < 1.29 is 14.3 Å². The van der Waals surface area contributed by atoms with Gasteiger partial charge in [0.2, 0.25) is 0 Å². The topological polar surface area (TPSA) is 73.3 Å². The predicted octanol–water partition coefficient (Wildman–Crippen LogP) is 5.57. The van der Waals surface area contributed by atoms with Crippen LogP contribution in [0, 0.1) is 6.92 Å². The van der Waals surface area contributed by atoms with Gasteiger partial charge in [-0.3, -0.25) is 10.1 Å². The number of aromatic nitrogens is 2. The molecule has 1 N–H and O–H groups in total. The summed E-state index contributed by atoms with van der Waals surface area (Å²) < 4.78 is 10.7. The summed E-state index contributed by atoms with van der Waals surface area (Å²) >= 11 is 4.35. The van der Waals surface area contributed by atoms with Crippen LogP contribution in [-0.4, -0.2) is 30.1 Å². The lowest BCUT2D eigenvalue weighted by molar-refractivity contribution is 0.103. The zero-order valence-corrected chi connectivity index (χ0v) is 18.3. The third-order valence-corrected chi connectivity index (χ3v) is 7.10. The van der Waals surface area contributed by atoms with Crippen molar-refractivity contribution >= 4 is 45.0 Å². The number of hydrogen-bond acceptors (Lipinski definition) is 8. The van der Waals surface area contributed by atoms with Crippen LogP contribution in [0.4, 0.5) is 5.13 Å². The van der Waals surface area contributed by atoms with Gasteiger partial charge in [0.1, 0.15) is 21.4 Å². The van der Waals surface area contributed by atoms with E-state index in [1.165, 1.54) is 22.7 Å². The summed E-state index contributed by atoms with van der Waals surface area (Å²) in [6.45, 7) is 1.84. The lowest BCUT2D eigenvalue weighted by Gasteiger charge is -2.08. The van der Waals surface area contributed by atoms with E-state index < -0.39 is 0 Å². The largest absolute Gasteiger partial charge is 0.497 e. The summed E-state index contributed by atoms with van der Waals surface area (Å²) in [6, 6.07) is 9.49. The van der Waals surface area contributed by atoms with Gasteiger partial charge in [-0.15, -0.1) is 34.0 Å². The number of aryl methyl sites for hydroxylation is 1. The number of thiophene rings is 1. The number of anilines is 1. The predicted molar refractivity (Wildman–Crippen MR) is 119 cm³/mol. The second kappa shape index (κ2) is 8.32. The number of hydrogen-bond donors (Lipinski definition) is 1. The Hall–Kier alpha value is -2.75. The Kier molecular flexibility index (Phi) is 5.61. The number of nitrogens with one attached hydrogen (secondary N) is 1. The number of methoxy groups -OCH3 is 2. The minimum atomic E-state index is -0.207. The number of carbonyl (C=O) groups excluding carboxylic acids is 1. The first-order valence-electron chi connectivity index (χ1n) is 8.59. The molecule has 0 fully saturated rings.